The van der Waals surface area contributed by atoms with E-state index in [0.29, 0.717) is 23.9 Å². The summed E-state index contributed by atoms with van der Waals surface area (Å²) >= 11 is 5.84. The zero-order valence-electron chi connectivity index (χ0n) is 14.1. The summed E-state index contributed by atoms with van der Waals surface area (Å²) < 4.78 is 0. The number of aromatic nitrogens is 4. The average Bonchev–Trinajstić information content (AvgIpc) is 3.16. The predicted octanol–water partition coefficient (Wildman–Crippen LogP) is 3.51. The number of carbonyl (C=O) groups is 1. The van der Waals surface area contributed by atoms with Crippen LogP contribution in [0, 0.1) is 5.92 Å². The first-order valence-electron chi connectivity index (χ1n) is 8.58. The van der Waals surface area contributed by atoms with Gasteiger partial charge in [0.15, 0.2) is 5.82 Å². The van der Waals surface area contributed by atoms with Gasteiger partial charge >= 0.3 is 0 Å². The number of pyridine rings is 2. The summed E-state index contributed by atoms with van der Waals surface area (Å²) in [4.78, 5) is 22.9. The number of nitrogens with zero attached hydrogens (tertiary/aromatic N) is 4. The van der Waals surface area contributed by atoms with Gasteiger partial charge in [0.25, 0.3) is 0 Å². The SMILES string of the molecule is O=C1[C@@H](Cc2ccc(Cl)nc2)CCCN1c1cc(-c2ccncc2)[nH]n1. The summed E-state index contributed by atoms with van der Waals surface area (Å²) in [5.41, 5.74) is 2.89. The van der Waals surface area contributed by atoms with Crippen molar-refractivity contribution in [3.63, 3.8) is 0 Å². The third-order valence-electron chi connectivity index (χ3n) is 4.65. The van der Waals surface area contributed by atoms with Gasteiger partial charge in [-0.05, 0) is 43.0 Å². The number of amides is 1. The molecule has 0 bridgehead atoms. The van der Waals surface area contributed by atoms with E-state index in [2.05, 4.69) is 20.2 Å². The van der Waals surface area contributed by atoms with Gasteiger partial charge in [-0.25, -0.2) is 4.98 Å². The second-order valence-corrected chi connectivity index (χ2v) is 6.79. The van der Waals surface area contributed by atoms with Gasteiger partial charge in [0.1, 0.15) is 5.15 Å². The zero-order valence-corrected chi connectivity index (χ0v) is 14.9. The fourth-order valence-corrected chi connectivity index (χ4v) is 3.42. The second-order valence-electron chi connectivity index (χ2n) is 6.40. The molecule has 3 aromatic rings. The quantitative estimate of drug-likeness (QED) is 0.716. The molecule has 4 rings (SSSR count). The van der Waals surface area contributed by atoms with E-state index in [1.807, 2.05) is 24.3 Å². The van der Waals surface area contributed by atoms with Gasteiger partial charge in [0.05, 0.1) is 5.69 Å². The normalized spacial score (nSPS) is 17.5. The molecule has 0 spiro atoms. The molecule has 4 heterocycles. The van der Waals surface area contributed by atoms with Crippen LogP contribution in [0.15, 0.2) is 48.9 Å². The van der Waals surface area contributed by atoms with Crippen molar-refractivity contribution < 1.29 is 4.79 Å². The minimum atomic E-state index is -0.0622. The highest BCUT2D eigenvalue weighted by molar-refractivity contribution is 6.29. The van der Waals surface area contributed by atoms with E-state index in [1.165, 1.54) is 0 Å². The molecule has 1 amide bonds. The van der Waals surface area contributed by atoms with E-state index in [1.54, 1.807) is 29.6 Å². The van der Waals surface area contributed by atoms with Crippen LogP contribution in [0.5, 0.6) is 0 Å². The third-order valence-corrected chi connectivity index (χ3v) is 4.88. The molecule has 0 aromatic carbocycles. The van der Waals surface area contributed by atoms with Crippen LogP contribution < -0.4 is 4.90 Å². The molecule has 1 saturated heterocycles. The van der Waals surface area contributed by atoms with E-state index in [-0.39, 0.29) is 11.8 Å². The van der Waals surface area contributed by atoms with Crippen molar-refractivity contribution in [2.24, 2.45) is 5.92 Å². The molecule has 3 aromatic heterocycles. The minimum absolute atomic E-state index is 0.0622. The Morgan fingerprint density at radius 1 is 1.23 bits per heavy atom. The fourth-order valence-electron chi connectivity index (χ4n) is 3.31. The first kappa shape index (κ1) is 16.7. The second kappa shape index (κ2) is 7.25. The van der Waals surface area contributed by atoms with Crippen LogP contribution in [0.3, 0.4) is 0 Å². The molecule has 1 atom stereocenters. The van der Waals surface area contributed by atoms with E-state index >= 15 is 0 Å². The van der Waals surface area contributed by atoms with Crippen LogP contribution in [0.2, 0.25) is 5.15 Å². The number of H-pyrrole nitrogens is 1. The summed E-state index contributed by atoms with van der Waals surface area (Å²) in [6.07, 6.45) is 7.70. The molecular weight excluding hydrogens is 350 g/mol. The number of anilines is 1. The maximum atomic E-state index is 13.0. The number of rotatable bonds is 4. The van der Waals surface area contributed by atoms with Gasteiger partial charge in [-0.15, -0.1) is 0 Å². The molecule has 1 N–H and O–H groups in total. The van der Waals surface area contributed by atoms with Crippen molar-refractivity contribution in [3.8, 4) is 11.3 Å². The maximum Gasteiger partial charge on any atom is 0.231 e. The average molecular weight is 368 g/mol. The highest BCUT2D eigenvalue weighted by Gasteiger charge is 2.31. The lowest BCUT2D eigenvalue weighted by Crippen LogP contribution is -2.42. The number of halogens is 1. The number of nitrogens with one attached hydrogen (secondary N) is 1. The van der Waals surface area contributed by atoms with Gasteiger partial charge in [-0.1, -0.05) is 17.7 Å². The number of aromatic amines is 1. The molecule has 1 aliphatic rings. The summed E-state index contributed by atoms with van der Waals surface area (Å²) in [5.74, 6) is 0.715. The van der Waals surface area contributed by atoms with Crippen molar-refractivity contribution in [1.29, 1.82) is 0 Å². The summed E-state index contributed by atoms with van der Waals surface area (Å²) in [7, 11) is 0. The lowest BCUT2D eigenvalue weighted by molar-refractivity contribution is -0.123. The largest absolute Gasteiger partial charge is 0.295 e. The third kappa shape index (κ3) is 3.46. The Labute approximate surface area is 156 Å². The monoisotopic (exact) mass is 367 g/mol. The van der Waals surface area contributed by atoms with Crippen LogP contribution in [0.1, 0.15) is 18.4 Å². The van der Waals surface area contributed by atoms with E-state index in [0.717, 1.165) is 29.7 Å². The van der Waals surface area contributed by atoms with E-state index in [4.69, 9.17) is 11.6 Å². The maximum absolute atomic E-state index is 13.0. The van der Waals surface area contributed by atoms with E-state index in [9.17, 15) is 4.79 Å². The minimum Gasteiger partial charge on any atom is -0.295 e. The summed E-state index contributed by atoms with van der Waals surface area (Å²) in [5, 5.41) is 7.83. The molecule has 0 radical (unpaired) electrons. The molecular formula is C19H18ClN5O. The highest BCUT2D eigenvalue weighted by Crippen LogP contribution is 2.28. The van der Waals surface area contributed by atoms with Crippen molar-refractivity contribution >= 4 is 23.3 Å². The highest BCUT2D eigenvalue weighted by atomic mass is 35.5. The molecule has 7 heteroatoms. The lowest BCUT2D eigenvalue weighted by Gasteiger charge is -2.30. The Morgan fingerprint density at radius 2 is 2.08 bits per heavy atom. The van der Waals surface area contributed by atoms with Gasteiger partial charge in [-0.3, -0.25) is 19.8 Å². The number of hydrogen-bond donors (Lipinski definition) is 1. The zero-order chi connectivity index (χ0) is 17.9. The van der Waals surface area contributed by atoms with Gasteiger partial charge < -0.3 is 0 Å². The molecule has 0 unspecified atom stereocenters. The molecule has 1 aliphatic heterocycles. The van der Waals surface area contributed by atoms with Gasteiger partial charge in [0, 0.05) is 42.7 Å². The Hall–Kier alpha value is -2.73. The standard InChI is InChI=1S/C19H18ClN5O/c20-17-4-3-13(12-22-17)10-15-2-1-9-25(19(15)26)18-11-16(23-24-18)14-5-7-21-8-6-14/h3-8,11-12,15H,1-2,9-10H2,(H,23,24)/t15-/m1/s1. The Morgan fingerprint density at radius 3 is 2.85 bits per heavy atom. The molecule has 0 aliphatic carbocycles. The number of hydrogen-bond acceptors (Lipinski definition) is 4. The molecule has 132 valence electrons. The molecule has 0 saturated carbocycles. The first-order valence-corrected chi connectivity index (χ1v) is 8.96. The molecule has 6 nitrogen and oxygen atoms in total. The van der Waals surface area contributed by atoms with Crippen molar-refractivity contribution in [2.75, 3.05) is 11.4 Å². The Bertz CT molecular complexity index is 894. The predicted molar refractivity (Wildman–Crippen MR) is 99.8 cm³/mol. The Balaban J connectivity index is 1.51. The van der Waals surface area contributed by atoms with Crippen LogP contribution in [-0.2, 0) is 11.2 Å². The lowest BCUT2D eigenvalue weighted by atomic mass is 9.91. The van der Waals surface area contributed by atoms with E-state index < -0.39 is 0 Å². The van der Waals surface area contributed by atoms with Crippen molar-refractivity contribution in [1.82, 2.24) is 20.2 Å². The topological polar surface area (TPSA) is 74.8 Å². The summed E-state index contributed by atoms with van der Waals surface area (Å²) in [6, 6.07) is 9.42. The van der Waals surface area contributed by atoms with Gasteiger partial charge in [0.2, 0.25) is 5.91 Å². The Kier molecular flexibility index (Phi) is 4.67. The fraction of sp³-hybridized carbons (Fsp3) is 0.263. The van der Waals surface area contributed by atoms with Crippen LogP contribution in [0.4, 0.5) is 5.82 Å². The number of piperidine rings is 1. The van der Waals surface area contributed by atoms with Crippen LogP contribution >= 0.6 is 11.6 Å². The molecule has 1 fully saturated rings. The van der Waals surface area contributed by atoms with Crippen LogP contribution in [0.25, 0.3) is 11.3 Å². The molecule has 26 heavy (non-hydrogen) atoms. The number of carbonyl (C=O) groups excluding carboxylic acids is 1. The van der Waals surface area contributed by atoms with Crippen molar-refractivity contribution in [2.45, 2.75) is 19.3 Å². The van der Waals surface area contributed by atoms with Gasteiger partial charge in [-0.2, -0.15) is 5.10 Å². The summed E-state index contributed by atoms with van der Waals surface area (Å²) in [6.45, 7) is 0.689. The van der Waals surface area contributed by atoms with Crippen molar-refractivity contribution in [3.05, 3.63) is 59.6 Å². The first-order chi connectivity index (χ1) is 12.7. The smallest absolute Gasteiger partial charge is 0.231 e. The van der Waals surface area contributed by atoms with Crippen LogP contribution in [-0.4, -0.2) is 32.6 Å².